The summed E-state index contributed by atoms with van der Waals surface area (Å²) in [5.74, 6) is 0.815. The van der Waals surface area contributed by atoms with E-state index in [1.165, 1.54) is 6.26 Å². The Morgan fingerprint density at radius 1 is 0.900 bits per heavy atom. The van der Waals surface area contributed by atoms with Gasteiger partial charge < -0.3 is 29.8 Å². The second-order valence-corrected chi connectivity index (χ2v) is 6.50. The molecule has 0 aliphatic rings. The molecule has 156 valence electrons. The molecule has 0 fully saturated rings. The van der Waals surface area contributed by atoms with Crippen LogP contribution in [0.3, 0.4) is 0 Å². The van der Waals surface area contributed by atoms with E-state index in [2.05, 4.69) is 16.0 Å². The molecule has 0 bridgehead atoms. The molecule has 0 atom stereocenters. The van der Waals surface area contributed by atoms with Gasteiger partial charge in [0.2, 0.25) is 0 Å². The molecule has 7 nitrogen and oxygen atoms in total. The number of hydrogen-bond donors (Lipinski definition) is 3. The third-order valence-corrected chi connectivity index (χ3v) is 4.16. The van der Waals surface area contributed by atoms with E-state index in [0.29, 0.717) is 41.2 Å². The van der Waals surface area contributed by atoms with Crippen molar-refractivity contribution in [3.05, 3.63) is 66.6 Å². The van der Waals surface area contributed by atoms with E-state index in [1.807, 2.05) is 44.2 Å². The Balaban J connectivity index is 1.85. The van der Waals surface area contributed by atoms with Crippen LogP contribution in [0, 0.1) is 0 Å². The van der Waals surface area contributed by atoms with Crippen molar-refractivity contribution >= 4 is 40.3 Å². The highest BCUT2D eigenvalue weighted by Crippen LogP contribution is 2.37. The van der Waals surface area contributed by atoms with Crippen molar-refractivity contribution in [3.8, 4) is 11.5 Å². The minimum atomic E-state index is -0.384. The van der Waals surface area contributed by atoms with Crippen molar-refractivity contribution in [1.82, 2.24) is 0 Å². The molecular weight excluding hydrogens is 402 g/mol. The largest absolute Gasteiger partial charge is 0.492 e. The van der Waals surface area contributed by atoms with Crippen molar-refractivity contribution in [1.29, 1.82) is 0 Å². The van der Waals surface area contributed by atoms with Crippen LogP contribution in [0.25, 0.3) is 0 Å². The first-order chi connectivity index (χ1) is 14.6. The first-order valence-electron chi connectivity index (χ1n) is 9.52. The molecule has 0 unspecified atom stereocenters. The molecular formula is C22H23N3O4S. The predicted octanol–water partition coefficient (Wildman–Crippen LogP) is 5.14. The van der Waals surface area contributed by atoms with Crippen molar-refractivity contribution in [2.75, 3.05) is 29.2 Å². The van der Waals surface area contributed by atoms with E-state index in [0.717, 1.165) is 5.69 Å². The summed E-state index contributed by atoms with van der Waals surface area (Å²) in [7, 11) is 0. The molecule has 3 aromatic rings. The summed E-state index contributed by atoms with van der Waals surface area (Å²) in [6, 6.07) is 16.3. The van der Waals surface area contributed by atoms with Crippen molar-refractivity contribution in [2.24, 2.45) is 0 Å². The van der Waals surface area contributed by atoms with Crippen LogP contribution in [0.5, 0.6) is 11.5 Å². The van der Waals surface area contributed by atoms with Crippen LogP contribution in [0.2, 0.25) is 0 Å². The lowest BCUT2D eigenvalue weighted by atomic mass is 10.2. The Kier molecular flexibility index (Phi) is 7.29. The minimum Gasteiger partial charge on any atom is -0.492 e. The summed E-state index contributed by atoms with van der Waals surface area (Å²) in [5, 5.41) is 9.46. The fraction of sp³-hybridized carbons (Fsp3) is 0.182. The van der Waals surface area contributed by atoms with Gasteiger partial charge in [-0.1, -0.05) is 18.2 Å². The molecule has 1 amide bonds. The third-order valence-electron chi connectivity index (χ3n) is 3.95. The summed E-state index contributed by atoms with van der Waals surface area (Å²) in [6.45, 7) is 4.60. The second kappa shape index (κ2) is 10.3. The molecule has 0 saturated carbocycles. The molecule has 30 heavy (non-hydrogen) atoms. The van der Waals surface area contributed by atoms with Crippen LogP contribution in [0.1, 0.15) is 24.4 Å². The van der Waals surface area contributed by atoms with Crippen LogP contribution < -0.4 is 25.4 Å². The van der Waals surface area contributed by atoms with Crippen molar-refractivity contribution in [2.45, 2.75) is 13.8 Å². The van der Waals surface area contributed by atoms with E-state index in [9.17, 15) is 4.79 Å². The molecule has 0 saturated heterocycles. The Morgan fingerprint density at radius 3 is 2.10 bits per heavy atom. The van der Waals surface area contributed by atoms with E-state index >= 15 is 0 Å². The number of ether oxygens (including phenoxy) is 2. The monoisotopic (exact) mass is 425 g/mol. The predicted molar refractivity (Wildman–Crippen MR) is 122 cm³/mol. The summed E-state index contributed by atoms with van der Waals surface area (Å²) in [4.78, 5) is 12.4. The van der Waals surface area contributed by atoms with Crippen molar-refractivity contribution < 1.29 is 18.7 Å². The minimum absolute atomic E-state index is 0.200. The lowest BCUT2D eigenvalue weighted by molar-refractivity contribution is 0.0996. The van der Waals surface area contributed by atoms with Gasteiger partial charge >= 0.3 is 0 Å². The smallest absolute Gasteiger partial charge is 0.291 e. The summed E-state index contributed by atoms with van der Waals surface area (Å²) < 4.78 is 16.6. The Labute approximate surface area is 180 Å². The first-order valence-corrected chi connectivity index (χ1v) is 9.93. The van der Waals surface area contributed by atoms with E-state index in [-0.39, 0.29) is 11.7 Å². The fourth-order valence-corrected chi connectivity index (χ4v) is 2.93. The normalized spacial score (nSPS) is 10.2. The highest BCUT2D eigenvalue weighted by Gasteiger charge is 2.17. The van der Waals surface area contributed by atoms with Gasteiger partial charge in [-0.3, -0.25) is 4.79 Å². The van der Waals surface area contributed by atoms with Gasteiger partial charge in [0.05, 0.1) is 30.9 Å². The maximum atomic E-state index is 12.4. The molecule has 0 aliphatic carbocycles. The number of anilines is 3. The number of furan rings is 1. The van der Waals surface area contributed by atoms with Gasteiger partial charge in [0, 0.05) is 17.8 Å². The fourth-order valence-electron chi connectivity index (χ4n) is 2.70. The van der Waals surface area contributed by atoms with E-state index in [4.69, 9.17) is 26.1 Å². The maximum Gasteiger partial charge on any atom is 0.291 e. The third kappa shape index (κ3) is 5.51. The van der Waals surface area contributed by atoms with Gasteiger partial charge in [0.15, 0.2) is 10.9 Å². The van der Waals surface area contributed by atoms with Gasteiger partial charge in [-0.15, -0.1) is 0 Å². The van der Waals surface area contributed by atoms with Crippen molar-refractivity contribution in [3.63, 3.8) is 0 Å². The summed E-state index contributed by atoms with van der Waals surface area (Å²) in [6.07, 6.45) is 1.44. The van der Waals surface area contributed by atoms with Gasteiger partial charge in [-0.05, 0) is 50.3 Å². The maximum absolute atomic E-state index is 12.4. The number of hydrogen-bond acceptors (Lipinski definition) is 5. The van der Waals surface area contributed by atoms with Crippen LogP contribution >= 0.6 is 12.2 Å². The van der Waals surface area contributed by atoms with Gasteiger partial charge in [-0.25, -0.2) is 0 Å². The number of carbonyl (C=O) groups is 1. The average molecular weight is 426 g/mol. The zero-order valence-electron chi connectivity index (χ0n) is 16.7. The topological polar surface area (TPSA) is 84.8 Å². The highest BCUT2D eigenvalue weighted by molar-refractivity contribution is 7.80. The van der Waals surface area contributed by atoms with Crippen LogP contribution in [-0.4, -0.2) is 24.2 Å². The Morgan fingerprint density at radius 2 is 1.53 bits per heavy atom. The zero-order chi connectivity index (χ0) is 21.3. The number of amides is 1. The Hall–Kier alpha value is -3.52. The SMILES string of the molecule is CCOc1cc(NC(=S)Nc2ccccc2)c(OCC)cc1NC(=O)c1ccco1. The average Bonchev–Trinajstić information content (AvgIpc) is 3.27. The second-order valence-electron chi connectivity index (χ2n) is 6.09. The molecule has 0 radical (unpaired) electrons. The molecule has 1 aromatic heterocycles. The van der Waals surface area contributed by atoms with Gasteiger partial charge in [0.25, 0.3) is 5.91 Å². The van der Waals surface area contributed by atoms with Gasteiger partial charge in [0.1, 0.15) is 11.5 Å². The molecule has 0 aliphatic heterocycles. The quantitative estimate of drug-likeness (QED) is 0.431. The number of rotatable bonds is 8. The van der Waals surface area contributed by atoms with E-state index < -0.39 is 0 Å². The highest BCUT2D eigenvalue weighted by atomic mass is 32.1. The number of nitrogens with one attached hydrogen (secondary N) is 3. The van der Waals surface area contributed by atoms with Crippen LogP contribution in [-0.2, 0) is 0 Å². The lowest BCUT2D eigenvalue weighted by Gasteiger charge is -2.18. The molecule has 1 heterocycles. The molecule has 3 rings (SSSR count). The molecule has 3 N–H and O–H groups in total. The molecule has 2 aromatic carbocycles. The van der Waals surface area contributed by atoms with Gasteiger partial charge in [-0.2, -0.15) is 0 Å². The lowest BCUT2D eigenvalue weighted by Crippen LogP contribution is -2.20. The molecule has 8 heteroatoms. The summed E-state index contributed by atoms with van der Waals surface area (Å²) in [5.41, 5.74) is 1.94. The number of thiocarbonyl (C=S) groups is 1. The standard InChI is InChI=1S/C22H23N3O4S/c1-3-27-19-14-17(25-22(30)23-15-9-6-5-7-10-15)20(28-4-2)13-16(19)24-21(26)18-11-8-12-29-18/h5-14H,3-4H2,1-2H3,(H,24,26)(H2,23,25,30). The van der Waals surface area contributed by atoms with Crippen LogP contribution in [0.15, 0.2) is 65.3 Å². The zero-order valence-corrected chi connectivity index (χ0v) is 17.5. The number of para-hydroxylation sites is 1. The van der Waals surface area contributed by atoms with E-state index in [1.54, 1.807) is 24.3 Å². The number of carbonyl (C=O) groups excluding carboxylic acids is 1. The first kappa shape index (κ1) is 21.2. The Bertz CT molecular complexity index is 991. The number of benzene rings is 2. The molecule has 0 spiro atoms. The summed E-state index contributed by atoms with van der Waals surface area (Å²) >= 11 is 5.43. The van der Waals surface area contributed by atoms with Crippen LogP contribution in [0.4, 0.5) is 17.1 Å².